The molecule has 17 heavy (non-hydrogen) atoms. The van der Waals surface area contributed by atoms with Crippen LogP contribution in [-0.2, 0) is 9.59 Å². The lowest BCUT2D eigenvalue weighted by Gasteiger charge is -2.44. The Hall–Kier alpha value is -1.10. The van der Waals surface area contributed by atoms with E-state index in [4.69, 9.17) is 5.11 Å². The number of amides is 1. The molecule has 0 radical (unpaired) electrons. The van der Waals surface area contributed by atoms with Crippen molar-refractivity contribution in [3.05, 3.63) is 0 Å². The Morgan fingerprint density at radius 2 is 2.00 bits per heavy atom. The molecule has 2 fully saturated rings. The number of nitrogens with zero attached hydrogens (tertiary/aromatic N) is 2. The standard InChI is InChI=1S/C12H20N2O3/c1-9(12(16)17)11(15)14-7-6-13-5-3-2-4-10(13)8-14/h9-10H,2-8H2,1H3,(H,16,17). The summed E-state index contributed by atoms with van der Waals surface area (Å²) in [5, 5.41) is 8.86. The van der Waals surface area contributed by atoms with Crippen LogP contribution in [0.4, 0.5) is 0 Å². The SMILES string of the molecule is CC(C(=O)O)C(=O)N1CCN2CCCCC2C1. The molecule has 0 aromatic heterocycles. The number of aliphatic carboxylic acids is 1. The first kappa shape index (κ1) is 12.4. The summed E-state index contributed by atoms with van der Waals surface area (Å²) in [5.74, 6) is -2.17. The molecule has 1 N–H and O–H groups in total. The van der Waals surface area contributed by atoms with Gasteiger partial charge in [0.05, 0.1) is 0 Å². The minimum Gasteiger partial charge on any atom is -0.481 e. The Morgan fingerprint density at radius 3 is 2.71 bits per heavy atom. The van der Waals surface area contributed by atoms with Gasteiger partial charge in [0, 0.05) is 25.7 Å². The molecule has 2 heterocycles. The van der Waals surface area contributed by atoms with Crippen LogP contribution in [0.2, 0.25) is 0 Å². The van der Waals surface area contributed by atoms with E-state index >= 15 is 0 Å². The monoisotopic (exact) mass is 240 g/mol. The van der Waals surface area contributed by atoms with Crippen LogP contribution in [0.1, 0.15) is 26.2 Å². The molecular weight excluding hydrogens is 220 g/mol. The highest BCUT2D eigenvalue weighted by molar-refractivity contribution is 5.96. The van der Waals surface area contributed by atoms with E-state index in [1.54, 1.807) is 4.90 Å². The van der Waals surface area contributed by atoms with Gasteiger partial charge in [-0.1, -0.05) is 6.42 Å². The minimum atomic E-state index is -1.03. The third kappa shape index (κ3) is 2.60. The smallest absolute Gasteiger partial charge is 0.315 e. The maximum absolute atomic E-state index is 11.9. The molecule has 2 saturated heterocycles. The second-order valence-electron chi connectivity index (χ2n) is 5.03. The highest BCUT2D eigenvalue weighted by Crippen LogP contribution is 2.21. The van der Waals surface area contributed by atoms with Crippen molar-refractivity contribution in [2.24, 2.45) is 5.92 Å². The zero-order valence-corrected chi connectivity index (χ0v) is 10.3. The summed E-state index contributed by atoms with van der Waals surface area (Å²) in [5.41, 5.74) is 0. The third-order valence-electron chi connectivity index (χ3n) is 3.89. The van der Waals surface area contributed by atoms with E-state index in [1.807, 2.05) is 0 Å². The van der Waals surface area contributed by atoms with Crippen LogP contribution in [-0.4, -0.2) is 59.0 Å². The molecule has 5 nitrogen and oxygen atoms in total. The number of piperazine rings is 1. The normalized spacial score (nSPS) is 27.4. The van der Waals surface area contributed by atoms with Crippen molar-refractivity contribution < 1.29 is 14.7 Å². The molecule has 0 spiro atoms. The fourth-order valence-corrected chi connectivity index (χ4v) is 2.74. The first-order chi connectivity index (χ1) is 8.09. The van der Waals surface area contributed by atoms with Gasteiger partial charge in [0.25, 0.3) is 0 Å². The number of fused-ring (bicyclic) bond motifs is 1. The fraction of sp³-hybridized carbons (Fsp3) is 0.833. The molecule has 2 aliphatic heterocycles. The number of piperidine rings is 1. The quantitative estimate of drug-likeness (QED) is 0.710. The van der Waals surface area contributed by atoms with Crippen molar-refractivity contribution in [3.8, 4) is 0 Å². The Kier molecular flexibility index (Phi) is 3.66. The molecule has 2 rings (SSSR count). The van der Waals surface area contributed by atoms with Gasteiger partial charge in [0.2, 0.25) is 5.91 Å². The van der Waals surface area contributed by atoms with E-state index in [0.29, 0.717) is 19.1 Å². The first-order valence-electron chi connectivity index (χ1n) is 6.35. The van der Waals surface area contributed by atoms with Gasteiger partial charge in [0.15, 0.2) is 0 Å². The Balaban J connectivity index is 1.95. The van der Waals surface area contributed by atoms with E-state index in [2.05, 4.69) is 4.90 Å². The van der Waals surface area contributed by atoms with Gasteiger partial charge in [-0.15, -0.1) is 0 Å². The van der Waals surface area contributed by atoms with Gasteiger partial charge >= 0.3 is 5.97 Å². The lowest BCUT2D eigenvalue weighted by atomic mass is 9.98. The van der Waals surface area contributed by atoms with Gasteiger partial charge in [-0.05, 0) is 26.3 Å². The summed E-state index contributed by atoms with van der Waals surface area (Å²) < 4.78 is 0. The average Bonchev–Trinajstić information content (AvgIpc) is 2.36. The lowest BCUT2D eigenvalue weighted by molar-refractivity contribution is -0.152. The maximum Gasteiger partial charge on any atom is 0.315 e. The molecule has 0 aromatic rings. The van der Waals surface area contributed by atoms with Crippen LogP contribution in [0.5, 0.6) is 0 Å². The predicted octanol–water partition coefficient (Wildman–Crippen LogP) is 0.404. The van der Waals surface area contributed by atoms with Crippen LogP contribution >= 0.6 is 0 Å². The van der Waals surface area contributed by atoms with Crippen molar-refractivity contribution in [2.75, 3.05) is 26.2 Å². The highest BCUT2D eigenvalue weighted by atomic mass is 16.4. The fourth-order valence-electron chi connectivity index (χ4n) is 2.74. The summed E-state index contributed by atoms with van der Waals surface area (Å²) in [6.45, 7) is 4.87. The van der Waals surface area contributed by atoms with Crippen LogP contribution < -0.4 is 0 Å². The van der Waals surface area contributed by atoms with E-state index in [9.17, 15) is 9.59 Å². The van der Waals surface area contributed by atoms with E-state index in [1.165, 1.54) is 19.8 Å². The predicted molar refractivity (Wildman–Crippen MR) is 62.6 cm³/mol. The Morgan fingerprint density at radius 1 is 1.24 bits per heavy atom. The second-order valence-corrected chi connectivity index (χ2v) is 5.03. The van der Waals surface area contributed by atoms with Gasteiger partial charge in [-0.3, -0.25) is 14.5 Å². The second kappa shape index (κ2) is 5.04. The van der Waals surface area contributed by atoms with Crippen molar-refractivity contribution in [1.29, 1.82) is 0 Å². The molecule has 5 heteroatoms. The average molecular weight is 240 g/mol. The van der Waals surface area contributed by atoms with E-state index in [0.717, 1.165) is 19.5 Å². The van der Waals surface area contributed by atoms with Crippen LogP contribution in [0.3, 0.4) is 0 Å². The molecule has 0 bridgehead atoms. The van der Waals surface area contributed by atoms with Gasteiger partial charge in [-0.2, -0.15) is 0 Å². The van der Waals surface area contributed by atoms with Crippen LogP contribution in [0, 0.1) is 5.92 Å². The molecule has 2 atom stereocenters. The number of carbonyl (C=O) groups excluding carboxylic acids is 1. The number of hydrogen-bond acceptors (Lipinski definition) is 3. The van der Waals surface area contributed by atoms with Crippen molar-refractivity contribution in [2.45, 2.75) is 32.2 Å². The number of hydrogen-bond donors (Lipinski definition) is 1. The zero-order valence-electron chi connectivity index (χ0n) is 10.3. The molecule has 0 aromatic carbocycles. The molecular formula is C12H20N2O3. The molecule has 96 valence electrons. The third-order valence-corrected chi connectivity index (χ3v) is 3.89. The minimum absolute atomic E-state index is 0.234. The lowest BCUT2D eigenvalue weighted by Crippen LogP contribution is -2.57. The number of carbonyl (C=O) groups is 2. The molecule has 2 unspecified atom stereocenters. The Labute approximate surface area is 101 Å². The van der Waals surface area contributed by atoms with Crippen molar-refractivity contribution >= 4 is 11.9 Å². The summed E-state index contributed by atoms with van der Waals surface area (Å²) in [4.78, 5) is 26.9. The Bertz CT molecular complexity index is 319. The molecule has 1 amide bonds. The topological polar surface area (TPSA) is 60.9 Å². The van der Waals surface area contributed by atoms with Gasteiger partial charge < -0.3 is 10.0 Å². The van der Waals surface area contributed by atoms with Crippen LogP contribution in [0.15, 0.2) is 0 Å². The van der Waals surface area contributed by atoms with Crippen molar-refractivity contribution in [1.82, 2.24) is 9.80 Å². The highest BCUT2D eigenvalue weighted by Gasteiger charge is 2.34. The first-order valence-corrected chi connectivity index (χ1v) is 6.35. The van der Waals surface area contributed by atoms with Crippen LogP contribution in [0.25, 0.3) is 0 Å². The maximum atomic E-state index is 11.9. The number of rotatable bonds is 2. The number of carboxylic acids is 1. The van der Waals surface area contributed by atoms with Gasteiger partial charge in [-0.25, -0.2) is 0 Å². The summed E-state index contributed by atoms with van der Waals surface area (Å²) in [7, 11) is 0. The van der Waals surface area contributed by atoms with Gasteiger partial charge in [0.1, 0.15) is 5.92 Å². The number of carboxylic acid groups (broad SMARTS) is 1. The molecule has 0 aliphatic carbocycles. The molecule has 0 saturated carbocycles. The zero-order chi connectivity index (χ0) is 12.4. The summed E-state index contributed by atoms with van der Waals surface area (Å²) >= 11 is 0. The summed E-state index contributed by atoms with van der Waals surface area (Å²) in [6.07, 6.45) is 3.60. The van der Waals surface area contributed by atoms with Crippen molar-refractivity contribution in [3.63, 3.8) is 0 Å². The van der Waals surface area contributed by atoms with E-state index < -0.39 is 11.9 Å². The summed E-state index contributed by atoms with van der Waals surface area (Å²) in [6, 6.07) is 0.447. The van der Waals surface area contributed by atoms with E-state index in [-0.39, 0.29) is 5.91 Å². The molecule has 2 aliphatic rings. The largest absolute Gasteiger partial charge is 0.481 e.